The van der Waals surface area contributed by atoms with E-state index in [2.05, 4.69) is 9.97 Å². The van der Waals surface area contributed by atoms with E-state index >= 15 is 0 Å². The molecular formula is C12H18N6O. The summed E-state index contributed by atoms with van der Waals surface area (Å²) in [6, 6.07) is 0. The molecule has 7 nitrogen and oxygen atoms in total. The summed E-state index contributed by atoms with van der Waals surface area (Å²) in [4.78, 5) is 22.1. The summed E-state index contributed by atoms with van der Waals surface area (Å²) in [6.45, 7) is 1.63. The van der Waals surface area contributed by atoms with Crippen LogP contribution < -0.4 is 5.73 Å². The minimum Gasteiger partial charge on any atom is -0.337 e. The van der Waals surface area contributed by atoms with Crippen LogP contribution in [-0.2, 0) is 20.1 Å². The van der Waals surface area contributed by atoms with Crippen LogP contribution in [0.15, 0.2) is 24.9 Å². The second-order valence-corrected chi connectivity index (χ2v) is 4.40. The molecule has 0 fully saturated rings. The van der Waals surface area contributed by atoms with E-state index in [1.165, 1.54) is 0 Å². The zero-order valence-electron chi connectivity index (χ0n) is 11.2. The van der Waals surface area contributed by atoms with Crippen LogP contribution in [0, 0.1) is 0 Å². The smallest absolute Gasteiger partial charge is 0.274 e. The van der Waals surface area contributed by atoms with Gasteiger partial charge < -0.3 is 19.8 Å². The molecule has 0 spiro atoms. The molecule has 1 amide bonds. The molecule has 0 radical (unpaired) electrons. The highest BCUT2D eigenvalue weighted by Gasteiger charge is 2.16. The first-order chi connectivity index (χ1) is 9.11. The Labute approximate surface area is 111 Å². The lowest BCUT2D eigenvalue weighted by molar-refractivity contribution is 0.0775. The third kappa shape index (κ3) is 3.00. The van der Waals surface area contributed by atoms with Crippen molar-refractivity contribution in [3.63, 3.8) is 0 Å². The van der Waals surface area contributed by atoms with Gasteiger partial charge in [-0.2, -0.15) is 0 Å². The molecule has 0 atom stereocenters. The minimum absolute atomic E-state index is 0.126. The highest BCUT2D eigenvalue weighted by atomic mass is 16.2. The number of imidazole rings is 2. The number of carbonyl (C=O) groups is 1. The highest BCUT2D eigenvalue weighted by molar-refractivity contribution is 5.91. The Balaban J connectivity index is 2.04. The fourth-order valence-electron chi connectivity index (χ4n) is 1.77. The lowest BCUT2D eigenvalue weighted by Gasteiger charge is -2.15. The van der Waals surface area contributed by atoms with Gasteiger partial charge in [0.2, 0.25) is 0 Å². The van der Waals surface area contributed by atoms with Crippen molar-refractivity contribution in [1.29, 1.82) is 0 Å². The van der Waals surface area contributed by atoms with Gasteiger partial charge in [-0.05, 0) is 0 Å². The second-order valence-electron chi connectivity index (χ2n) is 4.40. The summed E-state index contributed by atoms with van der Waals surface area (Å²) >= 11 is 0. The Kier molecular flexibility index (Phi) is 3.96. The lowest BCUT2D eigenvalue weighted by Crippen LogP contribution is -2.27. The van der Waals surface area contributed by atoms with Crippen LogP contribution in [0.3, 0.4) is 0 Å². The zero-order chi connectivity index (χ0) is 13.8. The van der Waals surface area contributed by atoms with E-state index in [0.29, 0.717) is 25.3 Å². The third-order valence-electron chi connectivity index (χ3n) is 2.89. The molecule has 0 aromatic carbocycles. The molecule has 0 saturated heterocycles. The molecule has 2 rings (SSSR count). The normalized spacial score (nSPS) is 10.7. The molecule has 2 aromatic rings. The Hall–Kier alpha value is -2.15. The maximum Gasteiger partial charge on any atom is 0.274 e. The van der Waals surface area contributed by atoms with Gasteiger partial charge in [0.1, 0.15) is 11.5 Å². The molecule has 102 valence electrons. The number of aryl methyl sites for hydroxylation is 1. The summed E-state index contributed by atoms with van der Waals surface area (Å²) in [5.41, 5.74) is 5.88. The van der Waals surface area contributed by atoms with Crippen molar-refractivity contribution in [3.05, 3.63) is 36.4 Å². The first-order valence-electron chi connectivity index (χ1n) is 6.05. The van der Waals surface area contributed by atoms with Crippen molar-refractivity contribution in [3.8, 4) is 0 Å². The lowest BCUT2D eigenvalue weighted by atomic mass is 10.4. The van der Waals surface area contributed by atoms with Crippen LogP contribution in [0.1, 0.15) is 16.3 Å². The predicted octanol–water partition coefficient (Wildman–Crippen LogP) is -0.152. The Morgan fingerprint density at radius 1 is 1.47 bits per heavy atom. The van der Waals surface area contributed by atoms with Gasteiger partial charge in [0, 0.05) is 45.8 Å². The topological polar surface area (TPSA) is 82.0 Å². The quantitative estimate of drug-likeness (QED) is 0.812. The van der Waals surface area contributed by atoms with E-state index in [1.54, 1.807) is 30.7 Å². The summed E-state index contributed by atoms with van der Waals surface area (Å²) in [7, 11) is 3.63. The molecule has 0 aliphatic heterocycles. The number of rotatable bonds is 5. The van der Waals surface area contributed by atoms with Crippen LogP contribution in [0.2, 0.25) is 0 Å². The number of nitrogens with zero attached hydrogens (tertiary/aromatic N) is 5. The molecule has 0 aliphatic carbocycles. The second kappa shape index (κ2) is 5.66. The van der Waals surface area contributed by atoms with Gasteiger partial charge in [0.15, 0.2) is 0 Å². The van der Waals surface area contributed by atoms with Crippen molar-refractivity contribution in [2.45, 2.75) is 13.1 Å². The fourth-order valence-corrected chi connectivity index (χ4v) is 1.77. The number of hydrogen-bond donors (Lipinski definition) is 1. The van der Waals surface area contributed by atoms with Crippen LogP contribution in [0.5, 0.6) is 0 Å². The van der Waals surface area contributed by atoms with Gasteiger partial charge in [0.05, 0.1) is 12.9 Å². The molecular weight excluding hydrogens is 244 g/mol. The van der Waals surface area contributed by atoms with E-state index in [0.717, 1.165) is 5.82 Å². The molecule has 2 heterocycles. The summed E-state index contributed by atoms with van der Waals surface area (Å²) in [5, 5.41) is 0. The summed E-state index contributed by atoms with van der Waals surface area (Å²) in [5.74, 6) is 0.705. The fraction of sp³-hybridized carbons (Fsp3) is 0.417. The average Bonchev–Trinajstić information content (AvgIpc) is 2.99. The largest absolute Gasteiger partial charge is 0.337 e. The molecule has 2 aromatic heterocycles. The first-order valence-corrected chi connectivity index (χ1v) is 6.05. The molecule has 2 N–H and O–H groups in total. The molecule has 19 heavy (non-hydrogen) atoms. The van der Waals surface area contributed by atoms with Crippen LogP contribution >= 0.6 is 0 Å². The van der Waals surface area contributed by atoms with Gasteiger partial charge in [-0.1, -0.05) is 0 Å². The van der Waals surface area contributed by atoms with Crippen molar-refractivity contribution in [2.24, 2.45) is 12.8 Å². The van der Waals surface area contributed by atoms with Crippen LogP contribution in [0.25, 0.3) is 0 Å². The molecule has 0 bridgehead atoms. The first kappa shape index (κ1) is 13.3. The van der Waals surface area contributed by atoms with Gasteiger partial charge in [-0.15, -0.1) is 0 Å². The van der Waals surface area contributed by atoms with Gasteiger partial charge in [0.25, 0.3) is 5.91 Å². The van der Waals surface area contributed by atoms with Crippen LogP contribution in [-0.4, -0.2) is 43.5 Å². The number of hydrogen-bond acceptors (Lipinski definition) is 4. The summed E-state index contributed by atoms with van der Waals surface area (Å²) < 4.78 is 3.69. The maximum atomic E-state index is 12.2. The molecule has 0 unspecified atom stereocenters. The van der Waals surface area contributed by atoms with Crippen molar-refractivity contribution < 1.29 is 4.79 Å². The number of carbonyl (C=O) groups excluding carboxylic acids is 1. The zero-order valence-corrected chi connectivity index (χ0v) is 11.2. The average molecular weight is 262 g/mol. The molecule has 0 saturated carbocycles. The van der Waals surface area contributed by atoms with Gasteiger partial charge >= 0.3 is 0 Å². The van der Waals surface area contributed by atoms with E-state index in [-0.39, 0.29) is 5.91 Å². The van der Waals surface area contributed by atoms with Gasteiger partial charge in [-0.3, -0.25) is 4.79 Å². The van der Waals surface area contributed by atoms with E-state index in [9.17, 15) is 4.79 Å². The Morgan fingerprint density at radius 2 is 2.26 bits per heavy atom. The van der Waals surface area contributed by atoms with E-state index < -0.39 is 0 Å². The van der Waals surface area contributed by atoms with Crippen molar-refractivity contribution in [2.75, 3.05) is 13.6 Å². The molecule has 0 aliphatic rings. The van der Waals surface area contributed by atoms with Gasteiger partial charge in [-0.25, -0.2) is 9.97 Å². The Bertz CT molecular complexity index is 558. The maximum absolute atomic E-state index is 12.2. The minimum atomic E-state index is -0.126. The Morgan fingerprint density at radius 3 is 2.89 bits per heavy atom. The number of nitrogens with two attached hydrogens (primary N) is 1. The van der Waals surface area contributed by atoms with E-state index in [4.69, 9.17) is 5.73 Å². The third-order valence-corrected chi connectivity index (χ3v) is 2.89. The standard InChI is InChI=1S/C12H18N6O/c1-16-6-4-14-11(16)8-17(2)12(19)10-7-18(5-3-13)9-15-10/h4,6-7,9H,3,5,8,13H2,1-2H3. The van der Waals surface area contributed by atoms with Crippen molar-refractivity contribution >= 4 is 5.91 Å². The van der Waals surface area contributed by atoms with Crippen molar-refractivity contribution in [1.82, 2.24) is 24.0 Å². The number of amides is 1. The SMILES string of the molecule is CN(Cc1nccn1C)C(=O)c1cn(CCN)cn1. The predicted molar refractivity (Wildman–Crippen MR) is 70.3 cm³/mol. The monoisotopic (exact) mass is 262 g/mol. The molecule has 7 heteroatoms. The highest BCUT2D eigenvalue weighted by Crippen LogP contribution is 2.05. The van der Waals surface area contributed by atoms with E-state index in [1.807, 2.05) is 22.4 Å². The number of aromatic nitrogens is 4. The van der Waals surface area contributed by atoms with Crippen LogP contribution in [0.4, 0.5) is 0 Å². The summed E-state index contributed by atoms with van der Waals surface area (Å²) in [6.07, 6.45) is 6.89.